The largest absolute Gasteiger partial charge is 0.383 e. The van der Waals surface area contributed by atoms with Crippen LogP contribution < -0.4 is 10.6 Å². The second-order valence-electron chi connectivity index (χ2n) is 15.1. The fraction of sp³-hybridized carbons (Fsp3) is 0.0377. The molecule has 0 spiro atoms. The summed E-state index contributed by atoms with van der Waals surface area (Å²) in [6.07, 6.45) is 13.0. The van der Waals surface area contributed by atoms with Gasteiger partial charge in [0.1, 0.15) is 0 Å². The minimum Gasteiger partial charge on any atom is -0.383 e. The average Bonchev–Trinajstić information content (AvgIpc) is 3.78. The molecule has 56 heavy (non-hydrogen) atoms. The average molecular weight is 714 g/mol. The van der Waals surface area contributed by atoms with Crippen LogP contribution >= 0.6 is 0 Å². The predicted molar refractivity (Wildman–Crippen MR) is 234 cm³/mol. The smallest absolute Gasteiger partial charge is 0.0861 e. The van der Waals surface area contributed by atoms with Gasteiger partial charge < -0.3 is 10.6 Å². The van der Waals surface area contributed by atoms with Crippen LogP contribution in [0.2, 0.25) is 0 Å². The third-order valence-corrected chi connectivity index (χ3v) is 12.1. The molecule has 2 N–H and O–H groups in total. The van der Waals surface area contributed by atoms with E-state index in [2.05, 4.69) is 181 Å². The molecule has 262 valence electrons. The molecule has 8 aromatic rings. The van der Waals surface area contributed by atoms with E-state index in [0.717, 1.165) is 29.2 Å². The Hall–Kier alpha value is -7.23. The van der Waals surface area contributed by atoms with Gasteiger partial charge in [-0.25, -0.2) is 0 Å². The van der Waals surface area contributed by atoms with Gasteiger partial charge in [-0.15, -0.1) is 0 Å². The van der Waals surface area contributed by atoms with Gasteiger partial charge in [0.05, 0.1) is 17.4 Å². The molecule has 2 aliphatic carbocycles. The summed E-state index contributed by atoms with van der Waals surface area (Å²) < 4.78 is 0. The van der Waals surface area contributed by atoms with Crippen molar-refractivity contribution in [2.24, 2.45) is 0 Å². The molecule has 0 amide bonds. The summed E-state index contributed by atoms with van der Waals surface area (Å²) in [5.74, 6) is 0. The van der Waals surface area contributed by atoms with Gasteiger partial charge in [0.2, 0.25) is 0 Å². The highest BCUT2D eigenvalue weighted by molar-refractivity contribution is 6.20. The quantitative estimate of drug-likeness (QED) is 0.186. The zero-order valence-corrected chi connectivity index (χ0v) is 30.6. The van der Waals surface area contributed by atoms with Crippen LogP contribution in [0.1, 0.15) is 11.3 Å². The SMILES string of the molecule is C1=CCNC(C2C=C(c3cc(-c4ccc5c6c(cccc46)-c4ccccc4-5)cc(-c4ccc5c6c(cccc46)-c4ccccc4-5)c3)C=C(c3ccccn3)N2)=C1. The van der Waals surface area contributed by atoms with Gasteiger partial charge in [0.25, 0.3) is 0 Å². The van der Waals surface area contributed by atoms with E-state index in [1.165, 1.54) is 93.9 Å². The van der Waals surface area contributed by atoms with Crippen LogP contribution in [0, 0.1) is 0 Å². The number of dihydropyridines is 2. The van der Waals surface area contributed by atoms with Gasteiger partial charge in [-0.05, 0) is 148 Å². The number of fused-ring (bicyclic) bond motifs is 6. The molecule has 3 heterocycles. The third-order valence-electron chi connectivity index (χ3n) is 12.1. The maximum Gasteiger partial charge on any atom is 0.0861 e. The first-order valence-corrected chi connectivity index (χ1v) is 19.5. The second-order valence-corrected chi connectivity index (χ2v) is 15.1. The highest BCUT2D eigenvalue weighted by Crippen LogP contribution is 2.51. The number of benzene rings is 7. The molecule has 1 atom stereocenters. The van der Waals surface area contributed by atoms with E-state index in [1.54, 1.807) is 0 Å². The predicted octanol–water partition coefficient (Wildman–Crippen LogP) is 12.5. The third kappa shape index (κ3) is 4.67. The van der Waals surface area contributed by atoms with Crippen LogP contribution in [-0.4, -0.2) is 17.6 Å². The monoisotopic (exact) mass is 713 g/mol. The van der Waals surface area contributed by atoms with Crippen molar-refractivity contribution in [2.75, 3.05) is 6.54 Å². The fourth-order valence-corrected chi connectivity index (χ4v) is 9.57. The molecule has 0 bridgehead atoms. The van der Waals surface area contributed by atoms with E-state index in [9.17, 15) is 0 Å². The number of rotatable bonds is 5. The van der Waals surface area contributed by atoms with Crippen molar-refractivity contribution >= 4 is 32.8 Å². The molecule has 0 fully saturated rings. The Morgan fingerprint density at radius 1 is 0.500 bits per heavy atom. The molecule has 0 radical (unpaired) electrons. The summed E-state index contributed by atoms with van der Waals surface area (Å²) in [6, 6.07) is 53.9. The van der Waals surface area contributed by atoms with Crippen molar-refractivity contribution in [3.05, 3.63) is 199 Å². The molecule has 0 saturated carbocycles. The molecule has 12 rings (SSSR count). The lowest BCUT2D eigenvalue weighted by molar-refractivity contribution is 0.714. The number of hydrogen-bond donors (Lipinski definition) is 2. The first-order chi connectivity index (χ1) is 27.8. The lowest BCUT2D eigenvalue weighted by Gasteiger charge is -2.28. The molecule has 7 aromatic carbocycles. The zero-order valence-electron chi connectivity index (χ0n) is 30.6. The first-order valence-electron chi connectivity index (χ1n) is 19.5. The Balaban J connectivity index is 1.11. The van der Waals surface area contributed by atoms with E-state index in [-0.39, 0.29) is 6.04 Å². The number of nitrogens with one attached hydrogen (secondary N) is 2. The highest BCUT2D eigenvalue weighted by atomic mass is 15.0. The molecular weight excluding hydrogens is 679 g/mol. The Kier molecular flexibility index (Phi) is 6.75. The van der Waals surface area contributed by atoms with Crippen LogP contribution in [0.15, 0.2) is 188 Å². The van der Waals surface area contributed by atoms with Crippen LogP contribution in [0.5, 0.6) is 0 Å². The van der Waals surface area contributed by atoms with Gasteiger partial charge in [0, 0.05) is 18.4 Å². The van der Waals surface area contributed by atoms with Crippen molar-refractivity contribution < 1.29 is 0 Å². The van der Waals surface area contributed by atoms with Crippen molar-refractivity contribution in [1.82, 2.24) is 15.6 Å². The summed E-state index contributed by atoms with van der Waals surface area (Å²) in [5.41, 5.74) is 20.8. The fourth-order valence-electron chi connectivity index (χ4n) is 9.57. The minimum atomic E-state index is -0.0466. The molecule has 3 nitrogen and oxygen atoms in total. The maximum atomic E-state index is 4.78. The lowest BCUT2D eigenvalue weighted by Crippen LogP contribution is -2.37. The Labute approximate surface area is 325 Å². The maximum absolute atomic E-state index is 4.78. The highest BCUT2D eigenvalue weighted by Gasteiger charge is 2.26. The normalized spacial score (nSPS) is 15.8. The van der Waals surface area contributed by atoms with E-state index >= 15 is 0 Å². The summed E-state index contributed by atoms with van der Waals surface area (Å²) in [6.45, 7) is 0.805. The van der Waals surface area contributed by atoms with Crippen molar-refractivity contribution in [3.8, 4) is 66.8 Å². The number of hydrogen-bond acceptors (Lipinski definition) is 3. The van der Waals surface area contributed by atoms with Crippen molar-refractivity contribution in [1.29, 1.82) is 0 Å². The standard InChI is InChI=1S/C53H35N3/c1-3-13-40-38(11-1)44-17-9-15-42-36(21-23-46(40)52(42)44)34-27-32(33-30-50(48-19-5-7-25-54-48)56-51(31-33)49-20-6-8-26-55-49)28-35(29-34)37-22-24-47-41-14-4-2-12-39(41)45-18-10-16-43(37)53(45)47/h1-25,27-31,51,55-56H,26H2. The molecule has 3 heteroatoms. The molecular formula is C53H35N3. The number of allylic oxidation sites excluding steroid dienone is 4. The van der Waals surface area contributed by atoms with E-state index < -0.39 is 0 Å². The zero-order chi connectivity index (χ0) is 36.7. The summed E-state index contributed by atoms with van der Waals surface area (Å²) >= 11 is 0. The van der Waals surface area contributed by atoms with Gasteiger partial charge in [-0.3, -0.25) is 4.98 Å². The molecule has 1 aromatic heterocycles. The Morgan fingerprint density at radius 2 is 1.04 bits per heavy atom. The van der Waals surface area contributed by atoms with Crippen LogP contribution in [-0.2, 0) is 0 Å². The van der Waals surface area contributed by atoms with Gasteiger partial charge in [0.15, 0.2) is 0 Å². The number of pyridine rings is 1. The summed E-state index contributed by atoms with van der Waals surface area (Å²) in [5, 5.41) is 12.6. The Bertz CT molecular complexity index is 2890. The topological polar surface area (TPSA) is 37.0 Å². The Morgan fingerprint density at radius 3 is 1.59 bits per heavy atom. The van der Waals surface area contributed by atoms with Crippen LogP contribution in [0.25, 0.3) is 99.6 Å². The first kappa shape index (κ1) is 31.2. The molecule has 1 unspecified atom stereocenters. The minimum absolute atomic E-state index is 0.0466. The van der Waals surface area contributed by atoms with Gasteiger partial charge in [-0.1, -0.05) is 127 Å². The van der Waals surface area contributed by atoms with Crippen molar-refractivity contribution in [3.63, 3.8) is 0 Å². The van der Waals surface area contributed by atoms with E-state index in [1.807, 2.05) is 12.3 Å². The van der Waals surface area contributed by atoms with Gasteiger partial charge in [-0.2, -0.15) is 0 Å². The van der Waals surface area contributed by atoms with Gasteiger partial charge >= 0.3 is 0 Å². The van der Waals surface area contributed by atoms with E-state index in [4.69, 9.17) is 4.98 Å². The van der Waals surface area contributed by atoms with Crippen LogP contribution in [0.4, 0.5) is 0 Å². The molecule has 2 aliphatic heterocycles. The lowest BCUT2D eigenvalue weighted by atomic mass is 9.87. The van der Waals surface area contributed by atoms with Crippen molar-refractivity contribution in [2.45, 2.75) is 6.04 Å². The molecule has 0 saturated heterocycles. The summed E-state index contributed by atoms with van der Waals surface area (Å²) in [4.78, 5) is 4.78. The second kappa shape index (κ2) is 12.1. The number of aromatic nitrogens is 1. The summed E-state index contributed by atoms with van der Waals surface area (Å²) in [7, 11) is 0. The molecule has 4 aliphatic rings. The van der Waals surface area contributed by atoms with Crippen LogP contribution in [0.3, 0.4) is 0 Å². The van der Waals surface area contributed by atoms with E-state index in [0.29, 0.717) is 0 Å². The number of nitrogens with zero attached hydrogens (tertiary/aromatic N) is 1.